The van der Waals surface area contributed by atoms with Crippen molar-refractivity contribution >= 4 is 17.5 Å². The summed E-state index contributed by atoms with van der Waals surface area (Å²) < 4.78 is 10.2. The van der Waals surface area contributed by atoms with Gasteiger partial charge in [-0.1, -0.05) is 5.16 Å². The van der Waals surface area contributed by atoms with Gasteiger partial charge in [-0.3, -0.25) is 30.6 Å². The number of amides is 2. The summed E-state index contributed by atoms with van der Waals surface area (Å²) in [5, 5.41) is 14.3. The Morgan fingerprint density at radius 2 is 1.93 bits per heavy atom. The Morgan fingerprint density at radius 3 is 2.59 bits per heavy atom. The summed E-state index contributed by atoms with van der Waals surface area (Å²) in [5.41, 5.74) is 4.50. The number of benzene rings is 1. The summed E-state index contributed by atoms with van der Waals surface area (Å²) >= 11 is 0. The maximum atomic E-state index is 11.9. The van der Waals surface area contributed by atoms with Crippen molar-refractivity contribution in [2.45, 2.75) is 12.8 Å². The molecule has 0 atom stereocenters. The van der Waals surface area contributed by atoms with Crippen LogP contribution in [-0.4, -0.2) is 26.9 Å². The second kappa shape index (κ2) is 7.91. The molecule has 0 saturated heterocycles. The number of rotatable bonds is 6. The molecule has 3 aromatic rings. The molecule has 0 aliphatic carbocycles. The van der Waals surface area contributed by atoms with Crippen LogP contribution >= 0.6 is 0 Å². The van der Waals surface area contributed by atoms with E-state index in [1.165, 1.54) is 30.5 Å². The third-order valence-corrected chi connectivity index (χ3v) is 3.43. The van der Waals surface area contributed by atoms with E-state index in [0.29, 0.717) is 5.76 Å². The van der Waals surface area contributed by atoms with Crippen LogP contribution in [0.5, 0.6) is 0 Å². The first-order chi connectivity index (χ1) is 13.0. The number of carbonyl (C=O) groups excluding carboxylic acids is 2. The molecule has 0 radical (unpaired) electrons. The fourth-order valence-corrected chi connectivity index (χ4v) is 2.08. The standard InChI is InChI=1S/C16H13N5O6/c22-13(7-8-14-17-15(20-27-14)12-2-1-9-26-12)18-19-16(23)10-3-5-11(6-4-10)21(24)25/h1-6,9H,7-8H2,(H,18,22)(H,19,23). The fraction of sp³-hybridized carbons (Fsp3) is 0.125. The first-order valence-corrected chi connectivity index (χ1v) is 7.73. The number of hydrogen-bond acceptors (Lipinski definition) is 8. The summed E-state index contributed by atoms with van der Waals surface area (Å²) in [5.74, 6) is -0.0934. The van der Waals surface area contributed by atoms with Gasteiger partial charge in [0.15, 0.2) is 5.76 Å². The topological polar surface area (TPSA) is 153 Å². The van der Waals surface area contributed by atoms with Crippen molar-refractivity contribution in [3.8, 4) is 11.6 Å². The van der Waals surface area contributed by atoms with E-state index in [-0.39, 0.29) is 35.8 Å². The molecule has 11 heteroatoms. The normalized spacial score (nSPS) is 10.4. The molecule has 2 heterocycles. The predicted octanol–water partition coefficient (Wildman–Crippen LogP) is 1.63. The first kappa shape index (κ1) is 17.8. The zero-order valence-electron chi connectivity index (χ0n) is 13.7. The van der Waals surface area contributed by atoms with Crippen LogP contribution in [0.4, 0.5) is 5.69 Å². The fourth-order valence-electron chi connectivity index (χ4n) is 2.08. The van der Waals surface area contributed by atoms with E-state index in [9.17, 15) is 19.7 Å². The minimum absolute atomic E-state index is 0.000327. The molecule has 138 valence electrons. The van der Waals surface area contributed by atoms with Crippen molar-refractivity contribution in [2.24, 2.45) is 0 Å². The number of furan rings is 1. The summed E-state index contributed by atoms with van der Waals surface area (Å²) in [6.07, 6.45) is 1.65. The molecule has 2 amide bonds. The van der Waals surface area contributed by atoms with Crippen molar-refractivity contribution in [2.75, 3.05) is 0 Å². The SMILES string of the molecule is O=C(CCc1nc(-c2ccco2)no1)NNC(=O)c1ccc([N+](=O)[O-])cc1. The van der Waals surface area contributed by atoms with Crippen LogP contribution < -0.4 is 10.9 Å². The van der Waals surface area contributed by atoms with Gasteiger partial charge in [-0.25, -0.2) is 0 Å². The third kappa shape index (κ3) is 4.54. The summed E-state index contributed by atoms with van der Waals surface area (Å²) in [7, 11) is 0. The lowest BCUT2D eigenvalue weighted by molar-refractivity contribution is -0.384. The number of nitro benzene ring substituents is 1. The number of hydrogen-bond donors (Lipinski definition) is 2. The Hall–Kier alpha value is -4.02. The van der Waals surface area contributed by atoms with Gasteiger partial charge in [0.25, 0.3) is 11.6 Å². The number of non-ortho nitro benzene ring substituents is 1. The van der Waals surface area contributed by atoms with Crippen LogP contribution in [0.2, 0.25) is 0 Å². The van der Waals surface area contributed by atoms with E-state index in [1.807, 2.05) is 0 Å². The van der Waals surface area contributed by atoms with Crippen molar-refractivity contribution < 1.29 is 23.5 Å². The van der Waals surface area contributed by atoms with E-state index in [2.05, 4.69) is 21.0 Å². The molecule has 0 bridgehead atoms. The van der Waals surface area contributed by atoms with Crippen LogP contribution in [-0.2, 0) is 11.2 Å². The van der Waals surface area contributed by atoms with Crippen LogP contribution in [0.3, 0.4) is 0 Å². The number of hydrazine groups is 1. The lowest BCUT2D eigenvalue weighted by Gasteiger charge is -2.06. The Morgan fingerprint density at radius 1 is 1.15 bits per heavy atom. The number of nitrogens with zero attached hydrogens (tertiary/aromatic N) is 3. The Balaban J connectivity index is 1.45. The van der Waals surface area contributed by atoms with Gasteiger partial charge in [0, 0.05) is 30.5 Å². The van der Waals surface area contributed by atoms with Gasteiger partial charge in [0.1, 0.15) is 0 Å². The molecule has 27 heavy (non-hydrogen) atoms. The minimum atomic E-state index is -0.601. The molecule has 0 spiro atoms. The quantitative estimate of drug-likeness (QED) is 0.489. The van der Waals surface area contributed by atoms with Crippen LogP contribution in [0.15, 0.2) is 51.6 Å². The van der Waals surface area contributed by atoms with Crippen LogP contribution in [0.25, 0.3) is 11.6 Å². The average molecular weight is 371 g/mol. The van der Waals surface area contributed by atoms with E-state index in [1.54, 1.807) is 12.1 Å². The number of aromatic nitrogens is 2. The molecular formula is C16H13N5O6. The molecule has 0 unspecified atom stereocenters. The van der Waals surface area contributed by atoms with Gasteiger partial charge in [0.2, 0.25) is 17.6 Å². The van der Waals surface area contributed by atoms with Gasteiger partial charge < -0.3 is 8.94 Å². The Bertz CT molecular complexity index is 948. The highest BCUT2D eigenvalue weighted by molar-refractivity contribution is 5.95. The van der Waals surface area contributed by atoms with E-state index in [0.717, 1.165) is 0 Å². The highest BCUT2D eigenvalue weighted by atomic mass is 16.6. The van der Waals surface area contributed by atoms with E-state index >= 15 is 0 Å². The minimum Gasteiger partial charge on any atom is -0.461 e. The van der Waals surface area contributed by atoms with E-state index < -0.39 is 16.7 Å². The first-order valence-electron chi connectivity index (χ1n) is 7.73. The molecular weight excluding hydrogens is 358 g/mol. The maximum Gasteiger partial charge on any atom is 0.269 e. The molecule has 2 aromatic heterocycles. The van der Waals surface area contributed by atoms with Gasteiger partial charge >= 0.3 is 0 Å². The molecule has 1 aromatic carbocycles. The smallest absolute Gasteiger partial charge is 0.269 e. The number of aryl methyl sites for hydroxylation is 1. The molecule has 0 aliphatic heterocycles. The van der Waals surface area contributed by atoms with Gasteiger partial charge in [-0.05, 0) is 24.3 Å². The second-order valence-electron chi connectivity index (χ2n) is 5.30. The molecule has 2 N–H and O–H groups in total. The lowest BCUT2D eigenvalue weighted by atomic mass is 10.2. The van der Waals surface area contributed by atoms with Crippen molar-refractivity contribution in [3.05, 3.63) is 64.2 Å². The van der Waals surface area contributed by atoms with Crippen LogP contribution in [0.1, 0.15) is 22.7 Å². The molecule has 11 nitrogen and oxygen atoms in total. The van der Waals surface area contributed by atoms with Crippen molar-refractivity contribution in [3.63, 3.8) is 0 Å². The number of nitro groups is 1. The van der Waals surface area contributed by atoms with E-state index in [4.69, 9.17) is 8.94 Å². The largest absolute Gasteiger partial charge is 0.461 e. The summed E-state index contributed by atoms with van der Waals surface area (Å²) in [4.78, 5) is 37.8. The average Bonchev–Trinajstić information content (AvgIpc) is 3.35. The Labute approximate surface area is 151 Å². The third-order valence-electron chi connectivity index (χ3n) is 3.43. The molecule has 0 saturated carbocycles. The molecule has 0 fully saturated rings. The van der Waals surface area contributed by atoms with Crippen LogP contribution in [0, 0.1) is 10.1 Å². The lowest BCUT2D eigenvalue weighted by Crippen LogP contribution is -2.41. The molecule has 0 aliphatic rings. The second-order valence-corrected chi connectivity index (χ2v) is 5.30. The number of nitrogens with one attached hydrogen (secondary N) is 2. The highest BCUT2D eigenvalue weighted by Gasteiger charge is 2.13. The maximum absolute atomic E-state index is 11.9. The van der Waals surface area contributed by atoms with Crippen molar-refractivity contribution in [1.82, 2.24) is 21.0 Å². The summed E-state index contributed by atoms with van der Waals surface area (Å²) in [6.45, 7) is 0. The van der Waals surface area contributed by atoms with Crippen molar-refractivity contribution in [1.29, 1.82) is 0 Å². The monoisotopic (exact) mass is 371 g/mol. The highest BCUT2D eigenvalue weighted by Crippen LogP contribution is 2.16. The van der Waals surface area contributed by atoms with Gasteiger partial charge in [-0.15, -0.1) is 0 Å². The number of carbonyl (C=O) groups is 2. The predicted molar refractivity (Wildman–Crippen MR) is 89.0 cm³/mol. The zero-order chi connectivity index (χ0) is 19.2. The molecule has 3 rings (SSSR count). The van der Waals surface area contributed by atoms with Gasteiger partial charge in [-0.2, -0.15) is 4.98 Å². The van der Waals surface area contributed by atoms with Gasteiger partial charge in [0.05, 0.1) is 11.2 Å². The Kier molecular flexibility index (Phi) is 5.21. The zero-order valence-corrected chi connectivity index (χ0v) is 13.7. The summed E-state index contributed by atoms with van der Waals surface area (Å²) in [6, 6.07) is 8.33.